The van der Waals surface area contributed by atoms with Crippen LogP contribution in [0.25, 0.3) is 5.69 Å². The molecule has 3 aromatic carbocycles. The molecule has 0 saturated heterocycles. The summed E-state index contributed by atoms with van der Waals surface area (Å²) in [4.78, 5) is 12.6. The summed E-state index contributed by atoms with van der Waals surface area (Å²) in [6.07, 6.45) is 0. The molecule has 1 heterocycles. The minimum atomic E-state index is -0.146. The van der Waals surface area contributed by atoms with E-state index in [0.29, 0.717) is 23.2 Å². The van der Waals surface area contributed by atoms with Crippen LogP contribution in [0.15, 0.2) is 78.0 Å². The summed E-state index contributed by atoms with van der Waals surface area (Å²) in [5.74, 6) is 2.99. The minimum absolute atomic E-state index is 0.146. The van der Waals surface area contributed by atoms with E-state index in [9.17, 15) is 4.79 Å². The lowest BCUT2D eigenvalue weighted by Crippen LogP contribution is -2.15. The molecule has 0 fully saturated rings. The van der Waals surface area contributed by atoms with Crippen molar-refractivity contribution in [1.29, 1.82) is 0 Å². The predicted octanol–water partition coefficient (Wildman–Crippen LogP) is 4.64. The second kappa shape index (κ2) is 12.0. The third-order valence-electron chi connectivity index (χ3n) is 5.28. The van der Waals surface area contributed by atoms with Gasteiger partial charge in [0.25, 0.3) is 0 Å². The average Bonchev–Trinajstić information content (AvgIpc) is 3.34. The second-order valence-corrected chi connectivity index (χ2v) is 8.52. The van der Waals surface area contributed by atoms with Crippen molar-refractivity contribution in [2.24, 2.45) is 0 Å². The van der Waals surface area contributed by atoms with Gasteiger partial charge in [0, 0.05) is 17.1 Å². The molecule has 1 amide bonds. The van der Waals surface area contributed by atoms with E-state index in [1.807, 2.05) is 53.1 Å². The van der Waals surface area contributed by atoms with Crippen molar-refractivity contribution in [3.05, 3.63) is 78.6 Å². The molecule has 9 nitrogen and oxygen atoms in total. The SMILES string of the molecule is COc1ccc(NCc2nnc(SCC(=O)Nc3ccc(OC)cc3)n2-c2ccc(OC)cc2)cc1. The summed E-state index contributed by atoms with van der Waals surface area (Å²) < 4.78 is 17.6. The number of hydrogen-bond acceptors (Lipinski definition) is 8. The van der Waals surface area contributed by atoms with Gasteiger partial charge >= 0.3 is 0 Å². The first-order valence-corrected chi connectivity index (χ1v) is 12.1. The Hall–Kier alpha value is -4.18. The van der Waals surface area contributed by atoms with Gasteiger partial charge in [-0.25, -0.2) is 0 Å². The number of ether oxygens (including phenoxy) is 3. The number of carbonyl (C=O) groups is 1. The summed E-state index contributed by atoms with van der Waals surface area (Å²) in [5.41, 5.74) is 2.49. The number of nitrogens with zero attached hydrogens (tertiary/aromatic N) is 3. The number of anilines is 2. The standard InChI is InChI=1S/C26H27N5O4S/c1-33-21-10-4-18(5-11-21)27-16-24-29-30-26(31(24)20-8-14-23(35-3)15-9-20)36-17-25(32)28-19-6-12-22(34-2)13-7-19/h4-15,27H,16-17H2,1-3H3,(H,28,32). The van der Waals surface area contributed by atoms with Gasteiger partial charge < -0.3 is 24.8 Å². The quantitative estimate of drug-likeness (QED) is 0.285. The van der Waals surface area contributed by atoms with Crippen LogP contribution in [0.1, 0.15) is 5.82 Å². The Morgan fingerprint density at radius 3 is 1.86 bits per heavy atom. The van der Waals surface area contributed by atoms with Crippen LogP contribution in [-0.4, -0.2) is 47.8 Å². The molecule has 2 N–H and O–H groups in total. The maximum Gasteiger partial charge on any atom is 0.234 e. The largest absolute Gasteiger partial charge is 0.497 e. The highest BCUT2D eigenvalue weighted by atomic mass is 32.2. The molecule has 0 radical (unpaired) electrons. The first-order chi connectivity index (χ1) is 17.6. The van der Waals surface area contributed by atoms with Crippen molar-refractivity contribution in [3.63, 3.8) is 0 Å². The van der Waals surface area contributed by atoms with Crippen molar-refractivity contribution in [3.8, 4) is 22.9 Å². The van der Waals surface area contributed by atoms with Gasteiger partial charge in [-0.2, -0.15) is 0 Å². The molecule has 0 atom stereocenters. The number of aromatic nitrogens is 3. The zero-order chi connectivity index (χ0) is 25.3. The van der Waals surface area contributed by atoms with Crippen LogP contribution in [0.4, 0.5) is 11.4 Å². The fourth-order valence-electron chi connectivity index (χ4n) is 3.39. The maximum absolute atomic E-state index is 12.6. The Labute approximate surface area is 213 Å². The lowest BCUT2D eigenvalue weighted by atomic mass is 10.3. The topological polar surface area (TPSA) is 99.5 Å². The minimum Gasteiger partial charge on any atom is -0.497 e. The highest BCUT2D eigenvalue weighted by Crippen LogP contribution is 2.25. The number of hydrogen-bond donors (Lipinski definition) is 2. The predicted molar refractivity (Wildman–Crippen MR) is 141 cm³/mol. The summed E-state index contributed by atoms with van der Waals surface area (Å²) >= 11 is 1.31. The van der Waals surface area contributed by atoms with E-state index < -0.39 is 0 Å². The molecular formula is C26H27N5O4S. The number of carbonyl (C=O) groups excluding carboxylic acids is 1. The summed E-state index contributed by atoms with van der Waals surface area (Å²) in [5, 5.41) is 15.6. The van der Waals surface area contributed by atoms with Gasteiger partial charge in [0.1, 0.15) is 17.2 Å². The molecule has 0 aliphatic heterocycles. The summed E-state index contributed by atoms with van der Waals surface area (Å²) in [6, 6.07) is 22.4. The molecular weight excluding hydrogens is 478 g/mol. The van der Waals surface area contributed by atoms with Crippen molar-refractivity contribution >= 4 is 29.0 Å². The number of amides is 1. The Kier molecular flexibility index (Phi) is 8.30. The van der Waals surface area contributed by atoms with Crippen LogP contribution in [0.3, 0.4) is 0 Å². The third-order valence-corrected chi connectivity index (χ3v) is 6.21. The zero-order valence-electron chi connectivity index (χ0n) is 20.2. The van der Waals surface area contributed by atoms with E-state index in [4.69, 9.17) is 14.2 Å². The second-order valence-electron chi connectivity index (χ2n) is 7.58. The van der Waals surface area contributed by atoms with Crippen molar-refractivity contribution in [2.75, 3.05) is 37.7 Å². The molecule has 0 aliphatic carbocycles. The normalized spacial score (nSPS) is 10.5. The Morgan fingerprint density at radius 1 is 0.778 bits per heavy atom. The number of rotatable bonds is 11. The molecule has 4 rings (SSSR count). The van der Waals surface area contributed by atoms with Crippen LogP contribution in [-0.2, 0) is 11.3 Å². The number of methoxy groups -OCH3 is 3. The van der Waals surface area contributed by atoms with Gasteiger partial charge in [0.2, 0.25) is 5.91 Å². The van der Waals surface area contributed by atoms with Gasteiger partial charge in [-0.1, -0.05) is 11.8 Å². The fraction of sp³-hybridized carbons (Fsp3) is 0.192. The highest BCUT2D eigenvalue weighted by molar-refractivity contribution is 7.99. The third kappa shape index (κ3) is 6.28. The first-order valence-electron chi connectivity index (χ1n) is 11.1. The van der Waals surface area contributed by atoms with Crippen molar-refractivity contribution < 1.29 is 19.0 Å². The van der Waals surface area contributed by atoms with Gasteiger partial charge in [0.05, 0.1) is 33.6 Å². The molecule has 186 valence electrons. The Balaban J connectivity index is 1.49. The molecule has 0 unspecified atom stereocenters. The van der Waals surface area contributed by atoms with Gasteiger partial charge in [-0.05, 0) is 72.8 Å². The van der Waals surface area contributed by atoms with Crippen LogP contribution in [0, 0.1) is 0 Å². The average molecular weight is 506 g/mol. The van der Waals surface area contributed by atoms with E-state index in [1.165, 1.54) is 11.8 Å². The smallest absolute Gasteiger partial charge is 0.234 e. The summed E-state index contributed by atoms with van der Waals surface area (Å²) in [6.45, 7) is 0.434. The Bertz CT molecular complexity index is 1280. The van der Waals surface area contributed by atoms with Crippen LogP contribution >= 0.6 is 11.8 Å². The molecule has 36 heavy (non-hydrogen) atoms. The molecule has 0 saturated carbocycles. The molecule has 10 heteroatoms. The van der Waals surface area contributed by atoms with Crippen LogP contribution < -0.4 is 24.8 Å². The van der Waals surface area contributed by atoms with E-state index in [2.05, 4.69) is 20.8 Å². The van der Waals surface area contributed by atoms with Gasteiger partial charge in [-0.15, -0.1) is 10.2 Å². The van der Waals surface area contributed by atoms with E-state index >= 15 is 0 Å². The van der Waals surface area contributed by atoms with E-state index in [1.54, 1.807) is 45.6 Å². The van der Waals surface area contributed by atoms with Gasteiger partial charge in [-0.3, -0.25) is 9.36 Å². The zero-order valence-corrected chi connectivity index (χ0v) is 21.0. The number of thioether (sulfide) groups is 1. The fourth-order valence-corrected chi connectivity index (χ4v) is 4.16. The summed E-state index contributed by atoms with van der Waals surface area (Å²) in [7, 11) is 4.86. The Morgan fingerprint density at radius 2 is 1.31 bits per heavy atom. The molecule has 0 spiro atoms. The monoisotopic (exact) mass is 505 g/mol. The van der Waals surface area contributed by atoms with E-state index in [-0.39, 0.29) is 11.7 Å². The highest BCUT2D eigenvalue weighted by Gasteiger charge is 2.16. The number of benzene rings is 3. The van der Waals surface area contributed by atoms with Crippen LogP contribution in [0.2, 0.25) is 0 Å². The van der Waals surface area contributed by atoms with E-state index in [0.717, 1.165) is 28.6 Å². The van der Waals surface area contributed by atoms with Crippen molar-refractivity contribution in [2.45, 2.75) is 11.7 Å². The lowest BCUT2D eigenvalue weighted by Gasteiger charge is -2.12. The van der Waals surface area contributed by atoms with Crippen LogP contribution in [0.5, 0.6) is 17.2 Å². The molecule has 0 aliphatic rings. The number of nitrogens with one attached hydrogen (secondary N) is 2. The molecule has 0 bridgehead atoms. The maximum atomic E-state index is 12.6. The molecule has 1 aromatic heterocycles. The lowest BCUT2D eigenvalue weighted by molar-refractivity contribution is -0.113. The molecule has 4 aromatic rings. The van der Waals surface area contributed by atoms with Crippen molar-refractivity contribution in [1.82, 2.24) is 14.8 Å². The van der Waals surface area contributed by atoms with Gasteiger partial charge in [0.15, 0.2) is 11.0 Å². The first kappa shape index (κ1) is 24.9.